The molecule has 0 spiro atoms. The minimum absolute atomic E-state index is 0.122. The molecule has 1 unspecified atom stereocenters. The van der Waals surface area contributed by atoms with Crippen LogP contribution in [0.5, 0.6) is 0 Å². The number of carbonyl (C=O) groups is 4. The molecule has 0 saturated carbocycles. The van der Waals surface area contributed by atoms with Gasteiger partial charge in [0.2, 0.25) is 0 Å². The molecule has 1 heterocycles. The highest BCUT2D eigenvalue weighted by atomic mass is 16.7. The third kappa shape index (κ3) is 14.7. The molecule has 1 rings (SSSR count). The highest BCUT2D eigenvalue weighted by Gasteiger charge is 2.52. The van der Waals surface area contributed by atoms with Crippen LogP contribution in [-0.2, 0) is 42.9 Å². The van der Waals surface area contributed by atoms with Crippen molar-refractivity contribution in [2.45, 2.75) is 155 Å². The van der Waals surface area contributed by atoms with E-state index in [1.54, 1.807) is 0 Å². The molecule has 1 aliphatic rings. The molecular weight excluding hydrogens is 508 g/mol. The summed E-state index contributed by atoms with van der Waals surface area (Å²) in [5.41, 5.74) is 0. The van der Waals surface area contributed by atoms with Crippen LogP contribution < -0.4 is 0 Å². The fourth-order valence-electron chi connectivity index (χ4n) is 4.35. The van der Waals surface area contributed by atoms with Gasteiger partial charge in [0.05, 0.1) is 0 Å². The zero-order chi connectivity index (χ0) is 29.0. The fraction of sp³-hybridized carbons (Fsp3) is 0.862. The number of aliphatic hydroxyl groups excluding tert-OH is 1. The maximum atomic E-state index is 12.8. The van der Waals surface area contributed by atoms with Crippen molar-refractivity contribution in [1.82, 2.24) is 0 Å². The zero-order valence-electron chi connectivity index (χ0n) is 24.3. The first kappa shape index (κ1) is 34.8. The summed E-state index contributed by atoms with van der Waals surface area (Å²) in [5, 5.41) is 10.8. The summed E-state index contributed by atoms with van der Waals surface area (Å²) >= 11 is 0. The topological polar surface area (TPSA) is 135 Å². The van der Waals surface area contributed by atoms with E-state index in [0.29, 0.717) is 19.3 Å². The van der Waals surface area contributed by atoms with Crippen LogP contribution in [0.2, 0.25) is 0 Å². The number of hydrogen-bond donors (Lipinski definition) is 1. The minimum Gasteiger partial charge on any atom is -0.463 e. The maximum absolute atomic E-state index is 12.8. The van der Waals surface area contributed by atoms with Gasteiger partial charge in [-0.15, -0.1) is 0 Å². The van der Waals surface area contributed by atoms with Crippen LogP contribution in [0.3, 0.4) is 0 Å². The van der Waals surface area contributed by atoms with Crippen LogP contribution in [0, 0.1) is 0 Å². The number of esters is 4. The first-order chi connectivity index (χ1) is 18.7. The van der Waals surface area contributed by atoms with E-state index in [1.165, 1.54) is 6.92 Å². The molecule has 39 heavy (non-hydrogen) atoms. The van der Waals surface area contributed by atoms with Gasteiger partial charge in [-0.3, -0.25) is 19.2 Å². The van der Waals surface area contributed by atoms with E-state index in [4.69, 9.17) is 23.7 Å². The van der Waals surface area contributed by atoms with Crippen molar-refractivity contribution in [3.8, 4) is 0 Å². The predicted octanol–water partition coefficient (Wildman–Crippen LogP) is 4.91. The van der Waals surface area contributed by atoms with E-state index in [1.807, 2.05) is 0 Å². The second kappa shape index (κ2) is 20.7. The van der Waals surface area contributed by atoms with Crippen LogP contribution in [0.1, 0.15) is 124 Å². The van der Waals surface area contributed by atoms with Crippen molar-refractivity contribution in [3.05, 3.63) is 0 Å². The summed E-state index contributed by atoms with van der Waals surface area (Å²) in [6.07, 6.45) is 3.98. The second-order valence-electron chi connectivity index (χ2n) is 10.2. The number of aliphatic hydroxyl groups is 1. The molecule has 10 heteroatoms. The lowest BCUT2D eigenvalue weighted by Gasteiger charge is -2.42. The molecule has 0 aromatic carbocycles. The average Bonchev–Trinajstić information content (AvgIpc) is 2.89. The molecule has 0 aromatic rings. The molecular formula is C29H50O10. The van der Waals surface area contributed by atoms with Crippen molar-refractivity contribution in [2.24, 2.45) is 0 Å². The standard InChI is InChI=1S/C29H50O10/c1-5-8-11-14-17-23(31)37-26-22(20-35-21(4)30)36-29(34)28(39-25(33)19-16-13-10-7-3)27(26)38-24(32)18-15-12-9-6-2/h22,26-29,34H,5-20H2,1-4H3/t22-,26-,27+,28-,29?/m1/s1. The number of rotatable bonds is 20. The molecule has 1 N–H and O–H groups in total. The summed E-state index contributed by atoms with van der Waals surface area (Å²) < 4.78 is 27.7. The third-order valence-corrected chi connectivity index (χ3v) is 6.57. The Balaban J connectivity index is 3.12. The first-order valence-electron chi connectivity index (χ1n) is 14.8. The van der Waals surface area contributed by atoms with Gasteiger partial charge < -0.3 is 28.8 Å². The molecule has 5 atom stereocenters. The van der Waals surface area contributed by atoms with Gasteiger partial charge in [0.1, 0.15) is 12.7 Å². The van der Waals surface area contributed by atoms with E-state index in [-0.39, 0.29) is 25.9 Å². The number of ether oxygens (including phenoxy) is 5. The Morgan fingerprint density at radius 1 is 0.615 bits per heavy atom. The van der Waals surface area contributed by atoms with Gasteiger partial charge in [-0.25, -0.2) is 0 Å². The lowest BCUT2D eigenvalue weighted by atomic mass is 9.98. The molecule has 1 fully saturated rings. The van der Waals surface area contributed by atoms with Crippen LogP contribution >= 0.6 is 0 Å². The number of unbranched alkanes of at least 4 members (excludes halogenated alkanes) is 9. The monoisotopic (exact) mass is 558 g/mol. The maximum Gasteiger partial charge on any atom is 0.306 e. The highest BCUT2D eigenvalue weighted by Crippen LogP contribution is 2.29. The van der Waals surface area contributed by atoms with Crippen molar-refractivity contribution in [3.63, 3.8) is 0 Å². The lowest BCUT2D eigenvalue weighted by Crippen LogP contribution is -2.62. The van der Waals surface area contributed by atoms with Crippen molar-refractivity contribution in [1.29, 1.82) is 0 Å². The van der Waals surface area contributed by atoms with Crippen molar-refractivity contribution < 1.29 is 48.0 Å². The molecule has 0 radical (unpaired) electrons. The molecule has 0 aromatic heterocycles. The second-order valence-corrected chi connectivity index (χ2v) is 10.2. The normalized spacial score (nSPS) is 22.6. The summed E-state index contributed by atoms with van der Waals surface area (Å²) in [6.45, 7) is 7.06. The van der Waals surface area contributed by atoms with E-state index in [0.717, 1.165) is 57.8 Å². The molecule has 1 saturated heterocycles. The first-order valence-corrected chi connectivity index (χ1v) is 14.8. The molecule has 226 valence electrons. The fourth-order valence-corrected chi connectivity index (χ4v) is 4.35. The Morgan fingerprint density at radius 2 is 1.03 bits per heavy atom. The Bertz CT molecular complexity index is 725. The van der Waals surface area contributed by atoms with Gasteiger partial charge in [-0.2, -0.15) is 0 Å². The molecule has 0 bridgehead atoms. The Morgan fingerprint density at radius 3 is 1.44 bits per heavy atom. The van der Waals surface area contributed by atoms with Gasteiger partial charge in [-0.05, 0) is 19.3 Å². The zero-order valence-corrected chi connectivity index (χ0v) is 24.3. The predicted molar refractivity (Wildman–Crippen MR) is 143 cm³/mol. The molecule has 10 nitrogen and oxygen atoms in total. The van der Waals surface area contributed by atoms with Crippen LogP contribution in [0.15, 0.2) is 0 Å². The third-order valence-electron chi connectivity index (χ3n) is 6.57. The van der Waals surface area contributed by atoms with E-state index >= 15 is 0 Å². The van der Waals surface area contributed by atoms with Crippen molar-refractivity contribution >= 4 is 23.9 Å². The quantitative estimate of drug-likeness (QED) is 0.125. The van der Waals surface area contributed by atoms with Gasteiger partial charge >= 0.3 is 23.9 Å². The van der Waals surface area contributed by atoms with E-state index in [2.05, 4.69) is 20.8 Å². The highest BCUT2D eigenvalue weighted by molar-refractivity contribution is 5.71. The van der Waals surface area contributed by atoms with Gasteiger partial charge in [0, 0.05) is 26.2 Å². The summed E-state index contributed by atoms with van der Waals surface area (Å²) in [4.78, 5) is 49.6. The van der Waals surface area contributed by atoms with Crippen LogP contribution in [0.25, 0.3) is 0 Å². The Hall–Kier alpha value is -2.20. The Labute approximate surface area is 233 Å². The SMILES string of the molecule is CCCCCCC(=O)O[C@H]1[C@H](OC(=O)CCCCCC)[C@@H](OC(=O)CCCCCC)C(O)O[C@@H]1COC(C)=O. The van der Waals surface area contributed by atoms with Crippen molar-refractivity contribution in [2.75, 3.05) is 6.61 Å². The lowest BCUT2D eigenvalue weighted by molar-refractivity contribution is -0.297. The molecule has 0 aliphatic carbocycles. The smallest absolute Gasteiger partial charge is 0.306 e. The Kier molecular flexibility index (Phi) is 18.5. The van der Waals surface area contributed by atoms with Crippen LogP contribution in [-0.4, -0.2) is 66.3 Å². The molecule has 1 aliphatic heterocycles. The van der Waals surface area contributed by atoms with E-state index < -0.39 is 54.6 Å². The molecule has 0 amide bonds. The van der Waals surface area contributed by atoms with Gasteiger partial charge in [0.25, 0.3) is 0 Å². The van der Waals surface area contributed by atoms with Crippen LogP contribution in [0.4, 0.5) is 0 Å². The summed E-state index contributed by atoms with van der Waals surface area (Å²) in [5.74, 6) is -2.28. The largest absolute Gasteiger partial charge is 0.463 e. The summed E-state index contributed by atoms with van der Waals surface area (Å²) in [7, 11) is 0. The number of carbonyl (C=O) groups excluding carboxylic acids is 4. The van der Waals surface area contributed by atoms with Gasteiger partial charge in [-0.1, -0.05) is 78.6 Å². The van der Waals surface area contributed by atoms with Gasteiger partial charge in [0.15, 0.2) is 24.6 Å². The summed E-state index contributed by atoms with van der Waals surface area (Å²) in [6, 6.07) is 0. The number of hydrogen-bond acceptors (Lipinski definition) is 10. The average molecular weight is 559 g/mol. The van der Waals surface area contributed by atoms with E-state index in [9.17, 15) is 24.3 Å². The minimum atomic E-state index is -1.68.